The lowest BCUT2D eigenvalue weighted by molar-refractivity contribution is -0.115. The largest absolute Gasteiger partial charge is 0.388 e. The predicted octanol–water partition coefficient (Wildman–Crippen LogP) is 5.69. The summed E-state index contributed by atoms with van der Waals surface area (Å²) in [4.78, 5) is 11.9. The van der Waals surface area contributed by atoms with Crippen molar-refractivity contribution < 1.29 is 15.0 Å². The molecule has 0 amide bonds. The van der Waals surface area contributed by atoms with Crippen molar-refractivity contribution in [2.75, 3.05) is 0 Å². The van der Waals surface area contributed by atoms with Gasteiger partial charge in [0, 0.05) is 6.42 Å². The lowest BCUT2D eigenvalue weighted by atomic mass is 9.60. The van der Waals surface area contributed by atoms with E-state index >= 15 is 0 Å². The summed E-state index contributed by atoms with van der Waals surface area (Å²) in [5.74, 6) is 2.12. The lowest BCUT2D eigenvalue weighted by Crippen LogP contribution is -2.36. The third kappa shape index (κ3) is 4.89. The minimum atomic E-state index is -0.628. The fourth-order valence-corrected chi connectivity index (χ4v) is 6.48. The first-order chi connectivity index (χ1) is 14.3. The van der Waals surface area contributed by atoms with Crippen molar-refractivity contribution in [3.05, 3.63) is 47.6 Å². The van der Waals surface area contributed by atoms with Crippen LogP contribution in [-0.2, 0) is 4.79 Å². The second-order valence-corrected chi connectivity index (χ2v) is 10.2. The molecule has 0 aromatic carbocycles. The average molecular weight is 413 g/mol. The molecule has 0 aromatic heterocycles. The Morgan fingerprint density at radius 2 is 1.93 bits per heavy atom. The minimum absolute atomic E-state index is 0.249. The number of allylic oxidation sites excluding steroid dienone is 5. The number of carbonyl (C=O) groups excluding carboxylic acids is 1. The van der Waals surface area contributed by atoms with E-state index in [1.807, 2.05) is 13.0 Å². The van der Waals surface area contributed by atoms with Crippen LogP contribution < -0.4 is 0 Å². The molecule has 3 saturated carbocycles. The van der Waals surface area contributed by atoms with E-state index in [-0.39, 0.29) is 5.78 Å². The summed E-state index contributed by atoms with van der Waals surface area (Å²) >= 11 is 0. The second kappa shape index (κ2) is 9.78. The molecule has 30 heavy (non-hydrogen) atoms. The molecule has 6 atom stereocenters. The lowest BCUT2D eigenvalue weighted by Gasteiger charge is -2.44. The topological polar surface area (TPSA) is 57.5 Å². The molecule has 0 saturated heterocycles. The highest BCUT2D eigenvalue weighted by Crippen LogP contribution is 2.59. The van der Waals surface area contributed by atoms with E-state index in [1.54, 1.807) is 11.6 Å². The third-order valence-corrected chi connectivity index (χ3v) is 8.22. The number of rotatable bonds is 6. The van der Waals surface area contributed by atoms with Gasteiger partial charge in [0.15, 0.2) is 5.78 Å². The van der Waals surface area contributed by atoms with E-state index in [0.29, 0.717) is 48.0 Å². The van der Waals surface area contributed by atoms with E-state index < -0.39 is 12.2 Å². The quantitative estimate of drug-likeness (QED) is 0.435. The molecule has 2 N–H and O–H groups in total. The maximum atomic E-state index is 11.9. The van der Waals surface area contributed by atoms with Gasteiger partial charge in [0.2, 0.25) is 0 Å². The smallest absolute Gasteiger partial charge is 0.155 e. The number of ketones is 1. The first-order valence-electron chi connectivity index (χ1n) is 11.8. The Morgan fingerprint density at radius 3 is 2.60 bits per heavy atom. The highest BCUT2D eigenvalue weighted by molar-refractivity contribution is 5.89. The summed E-state index contributed by atoms with van der Waals surface area (Å²) in [5, 5.41) is 20.2. The van der Waals surface area contributed by atoms with Crippen LogP contribution in [0.15, 0.2) is 47.6 Å². The van der Waals surface area contributed by atoms with Gasteiger partial charge in [-0.1, -0.05) is 49.8 Å². The number of fused-ring (bicyclic) bond motifs is 1. The summed E-state index contributed by atoms with van der Waals surface area (Å²) in [5.41, 5.74) is 3.54. The van der Waals surface area contributed by atoms with E-state index in [9.17, 15) is 15.0 Å². The zero-order valence-corrected chi connectivity index (χ0v) is 19.1. The van der Waals surface area contributed by atoms with Crippen molar-refractivity contribution >= 4 is 5.78 Å². The summed E-state index contributed by atoms with van der Waals surface area (Å²) in [6, 6.07) is 0. The maximum absolute atomic E-state index is 11.9. The molecule has 3 heteroatoms. The van der Waals surface area contributed by atoms with Crippen molar-refractivity contribution in [2.45, 2.75) is 90.8 Å². The Kier molecular flexibility index (Phi) is 7.57. The molecule has 0 radical (unpaired) electrons. The Hall–Kier alpha value is -1.45. The molecule has 0 aromatic rings. The highest BCUT2D eigenvalue weighted by atomic mass is 16.3. The first-order valence-corrected chi connectivity index (χ1v) is 11.8. The normalized spacial score (nSPS) is 36.9. The van der Waals surface area contributed by atoms with Gasteiger partial charge in [0.05, 0.1) is 12.2 Å². The van der Waals surface area contributed by atoms with Gasteiger partial charge in [-0.25, -0.2) is 0 Å². The van der Waals surface area contributed by atoms with Crippen LogP contribution in [0.2, 0.25) is 0 Å². The average Bonchev–Trinajstić information content (AvgIpc) is 3.06. The second-order valence-electron chi connectivity index (χ2n) is 10.2. The molecular weight excluding hydrogens is 372 g/mol. The molecule has 0 heterocycles. The number of hydrogen-bond donors (Lipinski definition) is 2. The fourth-order valence-electron chi connectivity index (χ4n) is 6.48. The van der Waals surface area contributed by atoms with Crippen LogP contribution in [0.4, 0.5) is 0 Å². The van der Waals surface area contributed by atoms with Gasteiger partial charge in [0.25, 0.3) is 0 Å². The number of hydrogen-bond acceptors (Lipinski definition) is 3. The van der Waals surface area contributed by atoms with Gasteiger partial charge < -0.3 is 10.2 Å². The third-order valence-electron chi connectivity index (χ3n) is 8.22. The predicted molar refractivity (Wildman–Crippen MR) is 123 cm³/mol. The maximum Gasteiger partial charge on any atom is 0.155 e. The van der Waals surface area contributed by atoms with Crippen LogP contribution in [0.3, 0.4) is 0 Å². The molecule has 0 aliphatic heterocycles. The van der Waals surface area contributed by atoms with Crippen LogP contribution in [0.5, 0.6) is 0 Å². The van der Waals surface area contributed by atoms with Crippen LogP contribution in [0.1, 0.15) is 78.6 Å². The zero-order chi connectivity index (χ0) is 21.9. The molecular formula is C27H40O3. The molecule has 3 fully saturated rings. The Bertz CT molecular complexity index is 727. The Labute approximate surface area is 182 Å². The van der Waals surface area contributed by atoms with Gasteiger partial charge in [-0.3, -0.25) is 4.79 Å². The molecule has 3 rings (SSSR count). The van der Waals surface area contributed by atoms with E-state index in [2.05, 4.69) is 32.6 Å². The molecule has 3 aliphatic carbocycles. The number of aliphatic hydroxyl groups excluding tert-OH is 2. The van der Waals surface area contributed by atoms with Crippen molar-refractivity contribution in [1.29, 1.82) is 0 Å². The van der Waals surface area contributed by atoms with Crippen molar-refractivity contribution in [2.24, 2.45) is 23.2 Å². The van der Waals surface area contributed by atoms with Crippen LogP contribution in [-0.4, -0.2) is 28.2 Å². The molecule has 0 bridgehead atoms. The van der Waals surface area contributed by atoms with Gasteiger partial charge in [-0.05, 0) is 93.1 Å². The van der Waals surface area contributed by atoms with Gasteiger partial charge in [0.1, 0.15) is 0 Å². The van der Waals surface area contributed by atoms with E-state index in [0.717, 1.165) is 18.4 Å². The van der Waals surface area contributed by atoms with Crippen molar-refractivity contribution in [1.82, 2.24) is 0 Å². The van der Waals surface area contributed by atoms with Crippen molar-refractivity contribution in [3.8, 4) is 0 Å². The minimum Gasteiger partial charge on any atom is -0.388 e. The first kappa shape index (κ1) is 23.2. The molecule has 3 aliphatic rings. The van der Waals surface area contributed by atoms with Gasteiger partial charge >= 0.3 is 0 Å². The summed E-state index contributed by atoms with van der Waals surface area (Å²) in [6.45, 7) is 10.5. The number of aliphatic hydroxyl groups is 2. The summed E-state index contributed by atoms with van der Waals surface area (Å²) < 4.78 is 0. The fraction of sp³-hybridized carbons (Fsp3) is 0.667. The van der Waals surface area contributed by atoms with Crippen LogP contribution in [0.25, 0.3) is 0 Å². The Balaban J connectivity index is 1.69. The standard InChI is InChI=1S/C27H40O3/c1-5-7-22(28)12-9-18(2)23-13-14-24-21(8-6-15-27(23,24)4)11-10-20-16-25(29)19(3)26(30)17-20/h5,7,10-11,18,23-26,29-30H,3,6,8-9,12-17H2,1-2,4H3. The Morgan fingerprint density at radius 1 is 1.23 bits per heavy atom. The van der Waals surface area contributed by atoms with Crippen molar-refractivity contribution in [3.63, 3.8) is 0 Å². The van der Waals surface area contributed by atoms with Crippen LogP contribution in [0, 0.1) is 23.2 Å². The van der Waals surface area contributed by atoms with E-state index in [4.69, 9.17) is 0 Å². The summed E-state index contributed by atoms with van der Waals surface area (Å²) in [6.07, 6.45) is 15.7. The number of carbonyl (C=O) groups is 1. The highest BCUT2D eigenvalue weighted by Gasteiger charge is 2.50. The molecule has 0 spiro atoms. The molecule has 3 nitrogen and oxygen atoms in total. The molecule has 6 unspecified atom stereocenters. The monoisotopic (exact) mass is 412 g/mol. The van der Waals surface area contributed by atoms with E-state index in [1.165, 1.54) is 25.7 Å². The van der Waals surface area contributed by atoms with Gasteiger partial charge in [-0.2, -0.15) is 0 Å². The van der Waals surface area contributed by atoms with Crippen LogP contribution >= 0.6 is 0 Å². The SMILES string of the molecule is C=C1C(O)CC(=CC=C2CCCC3(C)C2CCC3C(C)CCC(=O)C=CC)CC1O. The van der Waals surface area contributed by atoms with Gasteiger partial charge in [-0.15, -0.1) is 0 Å². The summed E-state index contributed by atoms with van der Waals surface area (Å²) in [7, 11) is 0. The zero-order valence-electron chi connectivity index (χ0n) is 19.1. The molecule has 166 valence electrons.